The first-order valence-electron chi connectivity index (χ1n) is 8.68. The molecule has 0 aliphatic carbocycles. The first-order chi connectivity index (χ1) is 13.3. The van der Waals surface area contributed by atoms with E-state index in [2.05, 4.69) is 22.6 Å². The van der Waals surface area contributed by atoms with E-state index in [0.29, 0.717) is 18.7 Å². The zero-order valence-electron chi connectivity index (χ0n) is 14.6. The maximum atomic E-state index is 12.2. The molecule has 4 aromatic rings. The summed E-state index contributed by atoms with van der Waals surface area (Å²) in [5, 5.41) is 8.90. The lowest BCUT2D eigenvalue weighted by Gasteiger charge is -2.05. The monoisotopic (exact) mass is 374 g/mol. The zero-order valence-corrected chi connectivity index (χ0v) is 15.4. The molecule has 0 radical (unpaired) electrons. The number of benzene rings is 2. The quantitative estimate of drug-likeness (QED) is 0.521. The molecule has 1 N–H and O–H groups in total. The van der Waals surface area contributed by atoms with E-state index in [-0.39, 0.29) is 5.91 Å². The minimum absolute atomic E-state index is 0.0388. The van der Waals surface area contributed by atoms with E-state index >= 15 is 0 Å². The zero-order chi connectivity index (χ0) is 18.5. The molecule has 2 aromatic heterocycles. The van der Waals surface area contributed by atoms with Gasteiger partial charge in [0.15, 0.2) is 5.76 Å². The predicted octanol–water partition coefficient (Wildman–Crippen LogP) is 4.93. The molecule has 2 heterocycles. The van der Waals surface area contributed by atoms with E-state index in [1.54, 1.807) is 11.3 Å². The van der Waals surface area contributed by atoms with Crippen molar-refractivity contribution in [1.29, 1.82) is 0 Å². The Morgan fingerprint density at radius 3 is 2.48 bits per heavy atom. The lowest BCUT2D eigenvalue weighted by molar-refractivity contribution is -0.120. The van der Waals surface area contributed by atoms with E-state index in [1.165, 1.54) is 5.56 Å². The molecule has 27 heavy (non-hydrogen) atoms. The number of hydrogen-bond acceptors (Lipinski definition) is 4. The Bertz CT molecular complexity index is 1010. The second-order valence-corrected chi connectivity index (χ2v) is 7.12. The molecule has 1 amide bonds. The van der Waals surface area contributed by atoms with Crippen LogP contribution in [0.15, 0.2) is 82.7 Å². The van der Waals surface area contributed by atoms with Crippen molar-refractivity contribution in [2.24, 2.45) is 0 Å². The van der Waals surface area contributed by atoms with Crippen LogP contribution in [0.3, 0.4) is 0 Å². The average Bonchev–Trinajstić information content (AvgIpc) is 3.39. The number of hydrogen-bond donors (Lipinski definition) is 1. The Labute approximate surface area is 161 Å². The van der Waals surface area contributed by atoms with E-state index < -0.39 is 0 Å². The summed E-state index contributed by atoms with van der Waals surface area (Å²) in [5.41, 5.74) is 4.00. The molecule has 0 saturated carbocycles. The SMILES string of the molecule is O=C(Cc1ccc(-c2ccccc2)cc1)NCc1cc(-c2cccs2)on1. The van der Waals surface area contributed by atoms with E-state index in [1.807, 2.05) is 66.0 Å². The molecule has 0 fully saturated rings. The van der Waals surface area contributed by atoms with Crippen LogP contribution in [0.25, 0.3) is 21.8 Å². The molecular formula is C22H18N2O2S. The van der Waals surface area contributed by atoms with Crippen LogP contribution < -0.4 is 5.32 Å². The van der Waals surface area contributed by atoms with Gasteiger partial charge in [-0.1, -0.05) is 65.8 Å². The topological polar surface area (TPSA) is 55.1 Å². The van der Waals surface area contributed by atoms with Gasteiger partial charge in [0.1, 0.15) is 5.69 Å². The van der Waals surface area contributed by atoms with Gasteiger partial charge in [0.25, 0.3) is 0 Å². The summed E-state index contributed by atoms with van der Waals surface area (Å²) in [6, 6.07) is 24.1. The molecule has 2 aromatic carbocycles. The van der Waals surface area contributed by atoms with Crippen molar-refractivity contribution >= 4 is 17.2 Å². The molecule has 134 valence electrons. The summed E-state index contributed by atoms with van der Waals surface area (Å²) in [6.45, 7) is 0.357. The largest absolute Gasteiger partial charge is 0.355 e. The standard InChI is InChI=1S/C22H18N2O2S/c25-22(23-15-19-14-20(26-24-19)21-7-4-12-27-21)13-16-8-10-18(11-9-16)17-5-2-1-3-6-17/h1-12,14H,13,15H2,(H,23,25). The van der Waals surface area contributed by atoms with Gasteiger partial charge in [-0.15, -0.1) is 11.3 Å². The Hall–Kier alpha value is -3.18. The van der Waals surface area contributed by atoms with Crippen molar-refractivity contribution in [1.82, 2.24) is 10.5 Å². The van der Waals surface area contributed by atoms with Crippen molar-refractivity contribution in [2.75, 3.05) is 0 Å². The Balaban J connectivity index is 1.32. The Morgan fingerprint density at radius 2 is 1.74 bits per heavy atom. The van der Waals surface area contributed by atoms with E-state index in [9.17, 15) is 4.79 Å². The smallest absolute Gasteiger partial charge is 0.224 e. The number of rotatable bonds is 6. The molecule has 0 bridgehead atoms. The maximum absolute atomic E-state index is 12.2. The van der Waals surface area contributed by atoms with Crippen molar-refractivity contribution in [3.05, 3.63) is 89.4 Å². The molecule has 0 spiro atoms. The van der Waals surface area contributed by atoms with Gasteiger partial charge in [-0.2, -0.15) is 0 Å². The first-order valence-corrected chi connectivity index (χ1v) is 9.56. The second kappa shape index (κ2) is 8.01. The van der Waals surface area contributed by atoms with Crippen molar-refractivity contribution in [3.8, 4) is 21.8 Å². The first kappa shape index (κ1) is 17.2. The summed E-state index contributed by atoms with van der Waals surface area (Å²) in [5.74, 6) is 0.689. The molecule has 0 atom stereocenters. The highest BCUT2D eigenvalue weighted by atomic mass is 32.1. The fourth-order valence-electron chi connectivity index (χ4n) is 2.81. The lowest BCUT2D eigenvalue weighted by atomic mass is 10.0. The van der Waals surface area contributed by atoms with Crippen LogP contribution in [0, 0.1) is 0 Å². The van der Waals surface area contributed by atoms with Crippen molar-refractivity contribution in [2.45, 2.75) is 13.0 Å². The molecular weight excluding hydrogens is 356 g/mol. The molecule has 0 aliphatic rings. The third-order valence-electron chi connectivity index (χ3n) is 4.22. The minimum Gasteiger partial charge on any atom is -0.355 e. The molecule has 4 rings (SSSR count). The number of thiophene rings is 1. The second-order valence-electron chi connectivity index (χ2n) is 6.18. The van der Waals surface area contributed by atoms with Gasteiger partial charge in [0.2, 0.25) is 5.91 Å². The highest BCUT2D eigenvalue weighted by Gasteiger charge is 2.09. The number of nitrogens with one attached hydrogen (secondary N) is 1. The molecule has 5 heteroatoms. The van der Waals surface area contributed by atoms with Crippen LogP contribution in [-0.2, 0) is 17.8 Å². The fourth-order valence-corrected chi connectivity index (χ4v) is 3.49. The minimum atomic E-state index is -0.0388. The molecule has 0 unspecified atom stereocenters. The van der Waals surface area contributed by atoms with Gasteiger partial charge >= 0.3 is 0 Å². The van der Waals surface area contributed by atoms with Crippen LogP contribution in [0.5, 0.6) is 0 Å². The molecule has 4 nitrogen and oxygen atoms in total. The van der Waals surface area contributed by atoms with Crippen LogP contribution in [-0.4, -0.2) is 11.1 Å². The average molecular weight is 374 g/mol. The van der Waals surface area contributed by atoms with Gasteiger partial charge in [0.05, 0.1) is 17.8 Å². The third kappa shape index (κ3) is 4.33. The van der Waals surface area contributed by atoms with Gasteiger partial charge < -0.3 is 9.84 Å². The summed E-state index contributed by atoms with van der Waals surface area (Å²) < 4.78 is 5.32. The summed E-state index contributed by atoms with van der Waals surface area (Å²) in [4.78, 5) is 13.2. The fraction of sp³-hybridized carbons (Fsp3) is 0.0909. The van der Waals surface area contributed by atoms with Crippen molar-refractivity contribution < 1.29 is 9.32 Å². The highest BCUT2D eigenvalue weighted by Crippen LogP contribution is 2.25. The molecule has 0 saturated heterocycles. The van der Waals surface area contributed by atoms with Gasteiger partial charge in [-0.3, -0.25) is 4.79 Å². The predicted molar refractivity (Wildman–Crippen MR) is 107 cm³/mol. The maximum Gasteiger partial charge on any atom is 0.224 e. The number of nitrogens with zero attached hydrogens (tertiary/aromatic N) is 1. The lowest BCUT2D eigenvalue weighted by Crippen LogP contribution is -2.24. The molecule has 0 aliphatic heterocycles. The van der Waals surface area contributed by atoms with Crippen LogP contribution in [0.2, 0.25) is 0 Å². The normalized spacial score (nSPS) is 10.7. The van der Waals surface area contributed by atoms with E-state index in [0.717, 1.165) is 21.8 Å². The number of amides is 1. The number of carbonyl (C=O) groups is 1. The third-order valence-corrected chi connectivity index (χ3v) is 5.10. The number of carbonyl (C=O) groups excluding carboxylic acids is 1. The summed E-state index contributed by atoms with van der Waals surface area (Å²) >= 11 is 1.59. The Kier molecular flexibility index (Phi) is 5.12. The van der Waals surface area contributed by atoms with Crippen LogP contribution in [0.1, 0.15) is 11.3 Å². The Morgan fingerprint density at radius 1 is 0.963 bits per heavy atom. The summed E-state index contributed by atoms with van der Waals surface area (Å²) in [7, 11) is 0. The number of aromatic nitrogens is 1. The van der Waals surface area contributed by atoms with E-state index in [4.69, 9.17) is 4.52 Å². The highest BCUT2D eigenvalue weighted by molar-refractivity contribution is 7.13. The van der Waals surface area contributed by atoms with Gasteiger partial charge in [0, 0.05) is 6.07 Å². The van der Waals surface area contributed by atoms with Crippen LogP contribution >= 0.6 is 11.3 Å². The summed E-state index contributed by atoms with van der Waals surface area (Å²) in [6.07, 6.45) is 0.338. The van der Waals surface area contributed by atoms with Gasteiger partial charge in [-0.05, 0) is 28.1 Å². The van der Waals surface area contributed by atoms with Crippen molar-refractivity contribution in [3.63, 3.8) is 0 Å². The van der Waals surface area contributed by atoms with Crippen LogP contribution in [0.4, 0.5) is 0 Å². The van der Waals surface area contributed by atoms with Gasteiger partial charge in [-0.25, -0.2) is 0 Å².